The zero-order valence-electron chi connectivity index (χ0n) is 19.6. The fourth-order valence-electron chi connectivity index (χ4n) is 3.46. The van der Waals surface area contributed by atoms with Gasteiger partial charge in [-0.25, -0.2) is 0 Å². The van der Waals surface area contributed by atoms with E-state index in [-0.39, 0.29) is 25.0 Å². The molecule has 1 aliphatic rings. The summed E-state index contributed by atoms with van der Waals surface area (Å²) in [5.41, 5.74) is 5.94. The second kappa shape index (κ2) is 11.3. The van der Waals surface area contributed by atoms with E-state index in [0.717, 1.165) is 22.4 Å². The molecule has 2 aromatic carbocycles. The minimum atomic E-state index is -0.436. The van der Waals surface area contributed by atoms with Crippen molar-refractivity contribution in [1.29, 1.82) is 0 Å². The van der Waals surface area contributed by atoms with E-state index >= 15 is 0 Å². The molecule has 0 unspecified atom stereocenters. The van der Waals surface area contributed by atoms with Gasteiger partial charge < -0.3 is 15.4 Å². The van der Waals surface area contributed by atoms with E-state index in [1.807, 2.05) is 69.0 Å². The van der Waals surface area contributed by atoms with Crippen molar-refractivity contribution >= 4 is 40.9 Å². The number of aryl methyl sites for hydroxylation is 4. The van der Waals surface area contributed by atoms with Crippen molar-refractivity contribution in [3.8, 4) is 0 Å². The van der Waals surface area contributed by atoms with Crippen LogP contribution in [-0.4, -0.2) is 59.9 Å². The lowest BCUT2D eigenvalue weighted by Crippen LogP contribution is -2.45. The molecule has 3 rings (SSSR count). The maximum atomic E-state index is 12.5. The van der Waals surface area contributed by atoms with Gasteiger partial charge in [0, 0.05) is 30.2 Å². The Morgan fingerprint density at radius 3 is 2.06 bits per heavy atom. The van der Waals surface area contributed by atoms with Gasteiger partial charge in [-0.15, -0.1) is 11.8 Å². The van der Waals surface area contributed by atoms with Gasteiger partial charge in [0.2, 0.25) is 5.91 Å². The number of hydrogen-bond acceptors (Lipinski definition) is 6. The third kappa shape index (κ3) is 7.33. The highest BCUT2D eigenvalue weighted by Crippen LogP contribution is 2.20. The molecule has 7 nitrogen and oxygen atoms in total. The maximum Gasteiger partial charge on any atom is 0.320 e. The molecule has 1 fully saturated rings. The van der Waals surface area contributed by atoms with Crippen LogP contribution in [-0.2, 0) is 19.1 Å². The number of carbonyl (C=O) groups is 3. The van der Waals surface area contributed by atoms with E-state index in [1.54, 1.807) is 0 Å². The Morgan fingerprint density at radius 1 is 0.909 bits per heavy atom. The van der Waals surface area contributed by atoms with E-state index in [2.05, 4.69) is 10.6 Å². The van der Waals surface area contributed by atoms with Crippen molar-refractivity contribution in [2.45, 2.75) is 32.9 Å². The van der Waals surface area contributed by atoms with E-state index in [1.165, 1.54) is 17.3 Å². The number of nitrogens with zero attached hydrogens (tertiary/aromatic N) is 1. The summed E-state index contributed by atoms with van der Waals surface area (Å²) >= 11 is 1.49. The molecule has 33 heavy (non-hydrogen) atoms. The SMILES string of the molecule is Cc1ccc(NC(=O)COC(=O)[C@@H]2CN(CC(=O)Nc3ccc(C)c(C)c3)CCS2)cc1C. The minimum absolute atomic E-state index is 0.120. The van der Waals surface area contributed by atoms with Crippen LogP contribution in [0.1, 0.15) is 22.3 Å². The normalized spacial score (nSPS) is 16.2. The summed E-state index contributed by atoms with van der Waals surface area (Å²) in [5.74, 6) is -0.220. The Bertz CT molecular complexity index is 1040. The molecule has 8 heteroatoms. The lowest BCUT2D eigenvalue weighted by atomic mass is 10.1. The molecule has 1 atom stereocenters. The summed E-state index contributed by atoms with van der Waals surface area (Å²) in [6.45, 7) is 8.98. The molecular weight excluding hydrogens is 438 g/mol. The summed E-state index contributed by atoms with van der Waals surface area (Å²) in [6, 6.07) is 11.4. The number of anilines is 2. The zero-order valence-corrected chi connectivity index (χ0v) is 20.4. The Balaban J connectivity index is 1.44. The maximum absolute atomic E-state index is 12.5. The van der Waals surface area contributed by atoms with Crippen LogP contribution in [0.5, 0.6) is 0 Å². The molecule has 0 bridgehead atoms. The van der Waals surface area contributed by atoms with Gasteiger partial charge in [-0.3, -0.25) is 19.3 Å². The van der Waals surface area contributed by atoms with E-state index < -0.39 is 11.2 Å². The van der Waals surface area contributed by atoms with Crippen molar-refractivity contribution in [3.63, 3.8) is 0 Å². The van der Waals surface area contributed by atoms with Gasteiger partial charge in [0.25, 0.3) is 5.91 Å². The smallest absolute Gasteiger partial charge is 0.320 e. The Labute approximate surface area is 199 Å². The average molecular weight is 470 g/mol. The van der Waals surface area contributed by atoms with Gasteiger partial charge >= 0.3 is 5.97 Å². The predicted molar refractivity (Wildman–Crippen MR) is 133 cm³/mol. The van der Waals surface area contributed by atoms with E-state index in [0.29, 0.717) is 24.5 Å². The number of esters is 1. The van der Waals surface area contributed by atoms with E-state index in [4.69, 9.17) is 4.74 Å². The molecule has 1 aliphatic heterocycles. The van der Waals surface area contributed by atoms with Crippen LogP contribution >= 0.6 is 11.8 Å². The van der Waals surface area contributed by atoms with Crippen LogP contribution in [0.3, 0.4) is 0 Å². The summed E-state index contributed by atoms with van der Waals surface area (Å²) < 4.78 is 5.24. The largest absolute Gasteiger partial charge is 0.455 e. The second-order valence-electron chi connectivity index (χ2n) is 8.40. The molecule has 0 radical (unpaired) electrons. The molecule has 2 N–H and O–H groups in total. The van der Waals surface area contributed by atoms with Crippen LogP contribution < -0.4 is 10.6 Å². The van der Waals surface area contributed by atoms with Crippen molar-refractivity contribution < 1.29 is 19.1 Å². The highest BCUT2D eigenvalue weighted by molar-refractivity contribution is 8.00. The molecule has 2 aromatic rings. The second-order valence-corrected chi connectivity index (χ2v) is 9.71. The van der Waals surface area contributed by atoms with Crippen LogP contribution in [0, 0.1) is 27.7 Å². The third-order valence-electron chi connectivity index (χ3n) is 5.71. The molecule has 2 amide bonds. The minimum Gasteiger partial charge on any atom is -0.455 e. The lowest BCUT2D eigenvalue weighted by Gasteiger charge is -2.30. The first-order chi connectivity index (χ1) is 15.7. The first-order valence-corrected chi connectivity index (χ1v) is 12.0. The Morgan fingerprint density at radius 2 is 1.48 bits per heavy atom. The van der Waals surface area contributed by atoms with Crippen LogP contribution in [0.4, 0.5) is 11.4 Å². The number of ether oxygens (including phenoxy) is 1. The third-order valence-corrected chi connectivity index (χ3v) is 6.87. The number of thioether (sulfide) groups is 1. The van der Waals surface area contributed by atoms with Gasteiger partial charge in [-0.1, -0.05) is 12.1 Å². The molecule has 0 saturated carbocycles. The van der Waals surface area contributed by atoms with Crippen LogP contribution in [0.15, 0.2) is 36.4 Å². The average Bonchev–Trinajstić information content (AvgIpc) is 2.77. The van der Waals surface area contributed by atoms with Crippen molar-refractivity contribution in [2.75, 3.05) is 42.6 Å². The van der Waals surface area contributed by atoms with Gasteiger partial charge in [-0.2, -0.15) is 0 Å². The molecule has 1 heterocycles. The van der Waals surface area contributed by atoms with Gasteiger partial charge in [-0.05, 0) is 74.2 Å². The predicted octanol–water partition coefficient (Wildman–Crippen LogP) is 3.46. The fraction of sp³-hybridized carbons (Fsp3) is 0.400. The zero-order chi connectivity index (χ0) is 24.0. The van der Waals surface area contributed by atoms with Gasteiger partial charge in [0.05, 0.1) is 6.54 Å². The lowest BCUT2D eigenvalue weighted by molar-refractivity contribution is -0.147. The van der Waals surface area contributed by atoms with Crippen LogP contribution in [0.25, 0.3) is 0 Å². The summed E-state index contributed by atoms with van der Waals surface area (Å²) in [4.78, 5) is 39.1. The fourth-order valence-corrected chi connectivity index (χ4v) is 4.63. The Hall–Kier alpha value is -2.84. The molecule has 176 valence electrons. The highest BCUT2D eigenvalue weighted by Gasteiger charge is 2.29. The first-order valence-electron chi connectivity index (χ1n) is 11.0. The van der Waals surface area contributed by atoms with Crippen molar-refractivity contribution in [2.24, 2.45) is 0 Å². The summed E-state index contributed by atoms with van der Waals surface area (Å²) in [7, 11) is 0. The Kier molecular flexibility index (Phi) is 8.52. The van der Waals surface area contributed by atoms with Gasteiger partial charge in [0.1, 0.15) is 5.25 Å². The number of hydrogen-bond donors (Lipinski definition) is 2. The topological polar surface area (TPSA) is 87.7 Å². The molecule has 0 aromatic heterocycles. The van der Waals surface area contributed by atoms with Crippen molar-refractivity contribution in [1.82, 2.24) is 4.90 Å². The van der Waals surface area contributed by atoms with Gasteiger partial charge in [0.15, 0.2) is 6.61 Å². The molecule has 1 saturated heterocycles. The number of rotatable bonds is 7. The first kappa shape index (κ1) is 24.8. The van der Waals surface area contributed by atoms with Crippen molar-refractivity contribution in [3.05, 3.63) is 58.7 Å². The van der Waals surface area contributed by atoms with E-state index in [9.17, 15) is 14.4 Å². The quantitative estimate of drug-likeness (QED) is 0.604. The standard InChI is InChI=1S/C25H31N3O4S/c1-16-5-7-20(11-18(16)3)26-23(29)14-28-9-10-33-22(13-28)25(31)32-15-24(30)27-21-8-6-17(2)19(4)12-21/h5-8,11-12,22H,9-10,13-15H2,1-4H3,(H,26,29)(H,27,30)/t22-/m0/s1. The number of benzene rings is 2. The molecule has 0 spiro atoms. The van der Waals surface area contributed by atoms with Crippen LogP contribution in [0.2, 0.25) is 0 Å². The molecular formula is C25H31N3O4S. The number of nitrogens with one attached hydrogen (secondary N) is 2. The molecule has 0 aliphatic carbocycles. The number of carbonyl (C=O) groups excluding carboxylic acids is 3. The monoisotopic (exact) mass is 469 g/mol. The summed E-state index contributed by atoms with van der Waals surface area (Å²) in [6.07, 6.45) is 0. The highest BCUT2D eigenvalue weighted by atomic mass is 32.2. The number of amides is 2. The summed E-state index contributed by atoms with van der Waals surface area (Å²) in [5, 5.41) is 5.23.